The topological polar surface area (TPSA) is 98.0 Å². The largest absolute Gasteiger partial charge is 0.388 e. The zero-order valence-electron chi connectivity index (χ0n) is 10.2. The molecule has 0 bridgehead atoms. The lowest BCUT2D eigenvalue weighted by Gasteiger charge is -2.15. The van der Waals surface area contributed by atoms with E-state index in [-0.39, 0.29) is 11.8 Å². The number of aliphatic hydroxyl groups is 1. The highest BCUT2D eigenvalue weighted by molar-refractivity contribution is 5.69. The lowest BCUT2D eigenvalue weighted by atomic mass is 10.0. The molecule has 5 nitrogen and oxygen atoms in total. The van der Waals surface area contributed by atoms with Gasteiger partial charge in [0.1, 0.15) is 5.82 Å². The van der Waals surface area contributed by atoms with Crippen molar-refractivity contribution in [1.82, 2.24) is 9.97 Å². The number of benzene rings is 1. The second-order valence-electron chi connectivity index (χ2n) is 4.02. The lowest BCUT2D eigenvalue weighted by molar-refractivity contribution is 0.174. The molecule has 0 amide bonds. The number of anilines is 2. The number of nitrogen functional groups attached to an aromatic ring is 2. The van der Waals surface area contributed by atoms with Gasteiger partial charge in [-0.25, -0.2) is 4.98 Å². The maximum atomic E-state index is 10.0. The molecule has 0 fully saturated rings. The van der Waals surface area contributed by atoms with Crippen molar-refractivity contribution in [3.05, 3.63) is 35.9 Å². The molecule has 18 heavy (non-hydrogen) atoms. The molecule has 5 heteroatoms. The molecule has 0 aliphatic heterocycles. The zero-order chi connectivity index (χ0) is 13.1. The number of aliphatic hydroxyl groups excluding tert-OH is 1. The van der Waals surface area contributed by atoms with Crippen LogP contribution in [-0.4, -0.2) is 15.1 Å². The normalized spacial score (nSPS) is 12.3. The van der Waals surface area contributed by atoms with E-state index in [0.29, 0.717) is 17.7 Å². The average Bonchev–Trinajstić information content (AvgIpc) is 2.38. The van der Waals surface area contributed by atoms with Crippen LogP contribution >= 0.6 is 0 Å². The van der Waals surface area contributed by atoms with Crippen molar-refractivity contribution < 1.29 is 5.11 Å². The van der Waals surface area contributed by atoms with Gasteiger partial charge in [0.2, 0.25) is 5.95 Å². The minimum Gasteiger partial charge on any atom is -0.388 e. The summed E-state index contributed by atoms with van der Waals surface area (Å²) in [6.07, 6.45) is -0.155. The molecule has 0 radical (unpaired) electrons. The van der Waals surface area contributed by atoms with Crippen LogP contribution in [0.2, 0.25) is 0 Å². The van der Waals surface area contributed by atoms with E-state index >= 15 is 0 Å². The molecule has 1 atom stereocenters. The molecule has 2 aromatic rings. The SMILES string of the molecule is CCC(O)c1c(N)nc(N)nc1-c1ccccc1. The van der Waals surface area contributed by atoms with E-state index in [1.807, 2.05) is 37.3 Å². The second-order valence-corrected chi connectivity index (χ2v) is 4.02. The van der Waals surface area contributed by atoms with E-state index in [2.05, 4.69) is 9.97 Å². The summed E-state index contributed by atoms with van der Waals surface area (Å²) < 4.78 is 0. The maximum Gasteiger partial charge on any atom is 0.222 e. The molecule has 94 valence electrons. The number of nitrogens with zero attached hydrogens (tertiary/aromatic N) is 2. The van der Waals surface area contributed by atoms with Crippen molar-refractivity contribution in [3.63, 3.8) is 0 Å². The van der Waals surface area contributed by atoms with Gasteiger partial charge in [0.25, 0.3) is 0 Å². The minimum absolute atomic E-state index is 0.110. The van der Waals surface area contributed by atoms with E-state index < -0.39 is 6.10 Å². The van der Waals surface area contributed by atoms with Crippen LogP contribution in [-0.2, 0) is 0 Å². The Hall–Kier alpha value is -2.14. The summed E-state index contributed by atoms with van der Waals surface area (Å²) in [6, 6.07) is 9.49. The fourth-order valence-corrected chi connectivity index (χ4v) is 1.85. The molecule has 0 spiro atoms. The number of nitrogens with two attached hydrogens (primary N) is 2. The number of hydrogen-bond donors (Lipinski definition) is 3. The van der Waals surface area contributed by atoms with Crippen LogP contribution in [0.3, 0.4) is 0 Å². The van der Waals surface area contributed by atoms with Crippen LogP contribution in [0.15, 0.2) is 30.3 Å². The van der Waals surface area contributed by atoms with E-state index in [9.17, 15) is 5.11 Å². The first-order chi connectivity index (χ1) is 8.63. The molecule has 1 aromatic carbocycles. The van der Waals surface area contributed by atoms with Crippen LogP contribution < -0.4 is 11.5 Å². The highest BCUT2D eigenvalue weighted by atomic mass is 16.3. The van der Waals surface area contributed by atoms with Gasteiger partial charge in [-0.1, -0.05) is 37.3 Å². The third-order valence-electron chi connectivity index (χ3n) is 2.76. The first-order valence-corrected chi connectivity index (χ1v) is 5.79. The fraction of sp³-hybridized carbons (Fsp3) is 0.231. The Labute approximate surface area is 105 Å². The molecular formula is C13H16N4O. The van der Waals surface area contributed by atoms with E-state index in [1.54, 1.807) is 0 Å². The minimum atomic E-state index is -0.694. The van der Waals surface area contributed by atoms with Gasteiger partial charge in [0.05, 0.1) is 11.8 Å². The monoisotopic (exact) mass is 244 g/mol. The van der Waals surface area contributed by atoms with Crippen LogP contribution in [0.5, 0.6) is 0 Å². The Kier molecular flexibility index (Phi) is 3.43. The van der Waals surface area contributed by atoms with Gasteiger partial charge in [0, 0.05) is 11.1 Å². The van der Waals surface area contributed by atoms with E-state index in [4.69, 9.17) is 11.5 Å². The molecular weight excluding hydrogens is 228 g/mol. The molecule has 0 saturated carbocycles. The van der Waals surface area contributed by atoms with Gasteiger partial charge in [0.15, 0.2) is 0 Å². The summed E-state index contributed by atoms with van der Waals surface area (Å²) in [5, 5.41) is 10.0. The van der Waals surface area contributed by atoms with Crippen molar-refractivity contribution in [2.75, 3.05) is 11.5 Å². The molecule has 0 aliphatic rings. The van der Waals surface area contributed by atoms with Crippen molar-refractivity contribution in [2.24, 2.45) is 0 Å². The summed E-state index contributed by atoms with van der Waals surface area (Å²) in [6.45, 7) is 1.87. The van der Waals surface area contributed by atoms with Gasteiger partial charge in [-0.2, -0.15) is 4.98 Å². The predicted octanol–water partition coefficient (Wildman–Crippen LogP) is 1.75. The average molecular weight is 244 g/mol. The molecule has 1 unspecified atom stereocenters. The van der Waals surface area contributed by atoms with Crippen LogP contribution in [0.1, 0.15) is 25.0 Å². The van der Waals surface area contributed by atoms with Crippen molar-refractivity contribution in [3.8, 4) is 11.3 Å². The Balaban J connectivity index is 2.65. The highest BCUT2D eigenvalue weighted by Crippen LogP contribution is 2.32. The molecule has 1 aromatic heterocycles. The van der Waals surface area contributed by atoms with Gasteiger partial charge < -0.3 is 16.6 Å². The first kappa shape index (κ1) is 12.3. The van der Waals surface area contributed by atoms with Crippen LogP contribution in [0, 0.1) is 0 Å². The van der Waals surface area contributed by atoms with Gasteiger partial charge in [-0.15, -0.1) is 0 Å². The Bertz CT molecular complexity index is 542. The Morgan fingerprint density at radius 1 is 1.17 bits per heavy atom. The summed E-state index contributed by atoms with van der Waals surface area (Å²) in [7, 11) is 0. The molecule has 0 saturated heterocycles. The summed E-state index contributed by atoms with van der Waals surface area (Å²) in [5.41, 5.74) is 13.5. The second kappa shape index (κ2) is 5.01. The summed E-state index contributed by atoms with van der Waals surface area (Å²) in [4.78, 5) is 8.11. The number of rotatable bonds is 3. The van der Waals surface area contributed by atoms with Crippen molar-refractivity contribution in [2.45, 2.75) is 19.4 Å². The zero-order valence-corrected chi connectivity index (χ0v) is 10.2. The summed E-state index contributed by atoms with van der Waals surface area (Å²) in [5.74, 6) is 0.342. The van der Waals surface area contributed by atoms with Gasteiger partial charge >= 0.3 is 0 Å². The van der Waals surface area contributed by atoms with Gasteiger partial charge in [-0.3, -0.25) is 0 Å². The molecule has 0 aliphatic carbocycles. The third kappa shape index (κ3) is 2.26. The Morgan fingerprint density at radius 3 is 2.44 bits per heavy atom. The predicted molar refractivity (Wildman–Crippen MR) is 71.5 cm³/mol. The fourth-order valence-electron chi connectivity index (χ4n) is 1.85. The number of hydrogen-bond acceptors (Lipinski definition) is 5. The van der Waals surface area contributed by atoms with Crippen LogP contribution in [0.25, 0.3) is 11.3 Å². The van der Waals surface area contributed by atoms with E-state index in [0.717, 1.165) is 5.56 Å². The van der Waals surface area contributed by atoms with E-state index in [1.165, 1.54) is 0 Å². The lowest BCUT2D eigenvalue weighted by Crippen LogP contribution is -2.10. The smallest absolute Gasteiger partial charge is 0.222 e. The number of aromatic nitrogens is 2. The molecule has 5 N–H and O–H groups in total. The van der Waals surface area contributed by atoms with Crippen molar-refractivity contribution >= 4 is 11.8 Å². The summed E-state index contributed by atoms with van der Waals surface area (Å²) >= 11 is 0. The highest BCUT2D eigenvalue weighted by Gasteiger charge is 2.18. The standard InChI is InChI=1S/C13H16N4O/c1-2-9(18)10-11(8-6-4-3-5-7-8)16-13(15)17-12(10)14/h3-7,9,18H,2H2,1H3,(H4,14,15,16,17). The first-order valence-electron chi connectivity index (χ1n) is 5.79. The van der Waals surface area contributed by atoms with Crippen molar-refractivity contribution in [1.29, 1.82) is 0 Å². The van der Waals surface area contributed by atoms with Gasteiger partial charge in [-0.05, 0) is 6.42 Å². The maximum absolute atomic E-state index is 10.0. The van der Waals surface area contributed by atoms with Crippen LogP contribution in [0.4, 0.5) is 11.8 Å². The molecule has 2 rings (SSSR count). The third-order valence-corrected chi connectivity index (χ3v) is 2.76. The molecule has 1 heterocycles. The Morgan fingerprint density at radius 2 is 1.83 bits per heavy atom. The quantitative estimate of drug-likeness (QED) is 0.764.